The largest absolute Gasteiger partial charge is 0.351 e. The van der Waals surface area contributed by atoms with Crippen molar-refractivity contribution in [2.75, 3.05) is 0 Å². The topological polar surface area (TPSA) is 85.1 Å². The molecular weight excluding hydrogens is 248 g/mol. The number of aromatic nitrogens is 1. The van der Waals surface area contributed by atoms with E-state index in [4.69, 9.17) is 28.9 Å². The Morgan fingerprint density at radius 2 is 2.00 bits per heavy atom. The van der Waals surface area contributed by atoms with Crippen LogP contribution in [0.5, 0.6) is 0 Å². The van der Waals surface area contributed by atoms with E-state index < -0.39 is 22.9 Å². The highest BCUT2D eigenvalue weighted by atomic mass is 35.5. The molecule has 1 aromatic heterocycles. The van der Waals surface area contributed by atoms with E-state index in [2.05, 4.69) is 4.98 Å². The molecule has 0 saturated carbocycles. The fourth-order valence-electron chi connectivity index (χ4n) is 0.784. The van der Waals surface area contributed by atoms with Crippen LogP contribution in [0.1, 0.15) is 10.4 Å². The Balaban J connectivity index is 3.09. The third-order valence-electron chi connectivity index (χ3n) is 1.37. The van der Waals surface area contributed by atoms with E-state index in [1.54, 1.807) is 5.32 Å². The van der Waals surface area contributed by atoms with Crippen molar-refractivity contribution < 1.29 is 14.0 Å². The van der Waals surface area contributed by atoms with Crippen molar-refractivity contribution in [1.29, 1.82) is 0 Å². The minimum Gasteiger partial charge on any atom is -0.351 e. The Bertz CT molecular complexity index is 438. The second-order valence-corrected chi connectivity index (χ2v) is 3.13. The minimum absolute atomic E-state index is 0.319. The summed E-state index contributed by atoms with van der Waals surface area (Å²) in [7, 11) is 0. The smallest absolute Gasteiger partial charge is 0.319 e. The van der Waals surface area contributed by atoms with E-state index in [0.29, 0.717) is 0 Å². The van der Waals surface area contributed by atoms with Crippen LogP contribution in [-0.4, -0.2) is 16.9 Å². The van der Waals surface area contributed by atoms with Gasteiger partial charge in [0.25, 0.3) is 5.91 Å². The Morgan fingerprint density at radius 1 is 1.40 bits per heavy atom. The number of carbonyl (C=O) groups excluding carboxylic acids is 2. The van der Waals surface area contributed by atoms with Gasteiger partial charge in [0.15, 0.2) is 11.0 Å². The second-order valence-electron chi connectivity index (χ2n) is 2.42. The van der Waals surface area contributed by atoms with Crippen molar-refractivity contribution >= 4 is 35.1 Å². The molecule has 80 valence electrons. The van der Waals surface area contributed by atoms with Gasteiger partial charge in [-0.25, -0.2) is 14.2 Å². The van der Waals surface area contributed by atoms with Gasteiger partial charge in [-0.15, -0.1) is 0 Å². The zero-order valence-corrected chi connectivity index (χ0v) is 8.56. The number of primary amides is 1. The van der Waals surface area contributed by atoms with E-state index in [-0.39, 0.29) is 10.7 Å². The van der Waals surface area contributed by atoms with Crippen LogP contribution >= 0.6 is 23.2 Å². The number of pyridine rings is 1. The Kier molecular flexibility index (Phi) is 3.43. The minimum atomic E-state index is -1.08. The van der Waals surface area contributed by atoms with Crippen LogP contribution in [0.3, 0.4) is 0 Å². The number of carbonyl (C=O) groups is 2. The average molecular weight is 252 g/mol. The number of nitrogens with one attached hydrogen (secondary N) is 1. The highest BCUT2D eigenvalue weighted by molar-refractivity contribution is 6.35. The zero-order chi connectivity index (χ0) is 11.6. The molecule has 0 aliphatic rings. The molecule has 3 N–H and O–H groups in total. The number of nitrogens with two attached hydrogens (primary N) is 1. The fourth-order valence-corrected chi connectivity index (χ4v) is 1.19. The maximum absolute atomic E-state index is 12.9. The van der Waals surface area contributed by atoms with Crippen molar-refractivity contribution in [3.8, 4) is 0 Å². The maximum Gasteiger partial charge on any atom is 0.319 e. The summed E-state index contributed by atoms with van der Waals surface area (Å²) in [6.45, 7) is 0. The van der Waals surface area contributed by atoms with Crippen molar-refractivity contribution in [3.05, 3.63) is 27.8 Å². The summed E-state index contributed by atoms with van der Waals surface area (Å²) in [6.07, 6.45) is 0. The monoisotopic (exact) mass is 251 g/mol. The van der Waals surface area contributed by atoms with Crippen LogP contribution in [-0.2, 0) is 0 Å². The summed E-state index contributed by atoms with van der Waals surface area (Å²) in [5.41, 5.74) is 4.37. The summed E-state index contributed by atoms with van der Waals surface area (Å²) in [4.78, 5) is 24.9. The summed E-state index contributed by atoms with van der Waals surface area (Å²) in [5.74, 6) is -1.87. The number of hydrogen-bond acceptors (Lipinski definition) is 3. The normalized spacial score (nSPS) is 9.80. The maximum atomic E-state index is 12.9. The van der Waals surface area contributed by atoms with Crippen molar-refractivity contribution in [3.63, 3.8) is 0 Å². The summed E-state index contributed by atoms with van der Waals surface area (Å²) in [6, 6.07) is -0.318. The van der Waals surface area contributed by atoms with Gasteiger partial charge in [-0.2, -0.15) is 0 Å². The SMILES string of the molecule is NC(=O)NC(=O)c1cc(F)c(Cl)nc1Cl. The van der Waals surface area contributed by atoms with Crippen LogP contribution in [0.2, 0.25) is 10.3 Å². The third-order valence-corrected chi connectivity index (χ3v) is 1.92. The lowest BCUT2D eigenvalue weighted by molar-refractivity contribution is 0.0965. The standard InChI is InChI=1S/C7H4Cl2FN3O2/c8-4-2(6(14)13-7(11)15)1-3(10)5(9)12-4/h1H,(H3,11,13,14,15). The molecule has 15 heavy (non-hydrogen) atoms. The molecule has 0 saturated heterocycles. The predicted molar refractivity (Wildman–Crippen MR) is 51.3 cm³/mol. The fraction of sp³-hybridized carbons (Fsp3) is 0. The first-order valence-electron chi connectivity index (χ1n) is 3.54. The quantitative estimate of drug-likeness (QED) is 0.739. The van der Waals surface area contributed by atoms with E-state index in [1.165, 1.54) is 0 Å². The van der Waals surface area contributed by atoms with Crippen LogP contribution in [0.4, 0.5) is 9.18 Å². The Morgan fingerprint density at radius 3 is 2.53 bits per heavy atom. The van der Waals surface area contributed by atoms with Crippen LogP contribution < -0.4 is 11.1 Å². The molecule has 1 heterocycles. The van der Waals surface area contributed by atoms with Gasteiger partial charge < -0.3 is 5.73 Å². The van der Waals surface area contributed by atoms with Gasteiger partial charge in [-0.1, -0.05) is 23.2 Å². The van der Waals surface area contributed by atoms with Gasteiger partial charge in [0, 0.05) is 0 Å². The first-order chi connectivity index (χ1) is 6.91. The van der Waals surface area contributed by atoms with Crippen LogP contribution in [0.25, 0.3) is 0 Å². The number of hydrogen-bond donors (Lipinski definition) is 2. The van der Waals surface area contributed by atoms with E-state index >= 15 is 0 Å². The molecule has 0 bridgehead atoms. The van der Waals surface area contributed by atoms with Crippen molar-refractivity contribution in [2.45, 2.75) is 0 Å². The lowest BCUT2D eigenvalue weighted by Crippen LogP contribution is -2.35. The molecule has 0 atom stereocenters. The molecular formula is C7H4Cl2FN3O2. The number of rotatable bonds is 1. The summed E-state index contributed by atoms with van der Waals surface area (Å²) < 4.78 is 12.9. The summed E-state index contributed by atoms with van der Waals surface area (Å²) in [5, 5.41) is 0.931. The molecule has 0 aliphatic carbocycles. The van der Waals surface area contributed by atoms with E-state index in [0.717, 1.165) is 6.07 Å². The zero-order valence-electron chi connectivity index (χ0n) is 7.05. The molecule has 0 spiro atoms. The van der Waals surface area contributed by atoms with Gasteiger partial charge in [0.1, 0.15) is 5.15 Å². The molecule has 5 nitrogen and oxygen atoms in total. The third kappa shape index (κ3) is 2.77. The van der Waals surface area contributed by atoms with Gasteiger partial charge in [0.05, 0.1) is 5.56 Å². The number of nitrogens with zero attached hydrogens (tertiary/aromatic N) is 1. The van der Waals surface area contributed by atoms with Crippen molar-refractivity contribution in [1.82, 2.24) is 10.3 Å². The Hall–Kier alpha value is -1.40. The predicted octanol–water partition coefficient (Wildman–Crippen LogP) is 1.34. The van der Waals surface area contributed by atoms with Crippen molar-refractivity contribution in [2.24, 2.45) is 5.73 Å². The molecule has 8 heteroatoms. The molecule has 0 radical (unpaired) electrons. The number of halogens is 3. The lowest BCUT2D eigenvalue weighted by atomic mass is 10.2. The van der Waals surface area contributed by atoms with E-state index in [9.17, 15) is 14.0 Å². The number of urea groups is 1. The molecule has 3 amide bonds. The first kappa shape index (κ1) is 11.7. The Labute approximate surface area is 93.4 Å². The molecule has 0 aliphatic heterocycles. The van der Waals surface area contributed by atoms with Gasteiger partial charge in [-0.05, 0) is 6.07 Å². The lowest BCUT2D eigenvalue weighted by Gasteiger charge is -2.03. The summed E-state index contributed by atoms with van der Waals surface area (Å²) >= 11 is 10.8. The highest BCUT2D eigenvalue weighted by Crippen LogP contribution is 2.19. The number of imide groups is 1. The number of amides is 3. The van der Waals surface area contributed by atoms with Crippen LogP contribution in [0.15, 0.2) is 6.07 Å². The first-order valence-corrected chi connectivity index (χ1v) is 4.29. The average Bonchev–Trinajstić information content (AvgIpc) is 2.09. The van der Waals surface area contributed by atoms with Gasteiger partial charge in [-0.3, -0.25) is 10.1 Å². The molecule has 0 fully saturated rings. The molecule has 0 unspecified atom stereocenters. The highest BCUT2D eigenvalue weighted by Gasteiger charge is 2.16. The molecule has 1 rings (SSSR count). The second kappa shape index (κ2) is 4.41. The van der Waals surface area contributed by atoms with Crippen LogP contribution in [0, 0.1) is 5.82 Å². The molecule has 1 aromatic rings. The van der Waals surface area contributed by atoms with E-state index in [1.807, 2.05) is 0 Å². The molecule has 0 aromatic carbocycles. The van der Waals surface area contributed by atoms with Gasteiger partial charge in [0.2, 0.25) is 0 Å². The van der Waals surface area contributed by atoms with Gasteiger partial charge >= 0.3 is 6.03 Å².